The molecule has 2 bridgehead atoms. The summed E-state index contributed by atoms with van der Waals surface area (Å²) in [4.78, 5) is 21.4. The van der Waals surface area contributed by atoms with Gasteiger partial charge in [0.05, 0.1) is 28.3 Å². The van der Waals surface area contributed by atoms with Crippen LogP contribution in [0.25, 0.3) is 0 Å². The molecule has 13 heteroatoms. The zero-order chi connectivity index (χ0) is 38.7. The van der Waals surface area contributed by atoms with E-state index in [4.69, 9.17) is 16.3 Å². The molecule has 2 aliphatic carbocycles. The number of carbonyl (C=O) groups is 1. The second kappa shape index (κ2) is 15.4. The second-order valence-electron chi connectivity index (χ2n) is 17.9. The lowest BCUT2D eigenvalue weighted by Crippen LogP contribution is -2.63. The third-order valence-electron chi connectivity index (χ3n) is 14.4. The molecular formula is C42H60ClN5O5S2. The van der Waals surface area contributed by atoms with Crippen molar-refractivity contribution < 1.29 is 22.2 Å². The van der Waals surface area contributed by atoms with Crippen molar-refractivity contribution in [2.75, 3.05) is 76.7 Å². The molecule has 1 saturated carbocycles. The summed E-state index contributed by atoms with van der Waals surface area (Å²) < 4.78 is 50.3. The number of ether oxygens (including phenoxy) is 1. The average molecular weight is 815 g/mol. The van der Waals surface area contributed by atoms with Crippen LogP contribution in [0.3, 0.4) is 0 Å². The number of nitrogens with one attached hydrogen (secondary N) is 1. The van der Waals surface area contributed by atoms with Crippen molar-refractivity contribution in [3.05, 3.63) is 58.1 Å². The van der Waals surface area contributed by atoms with Gasteiger partial charge in [0.1, 0.15) is 5.75 Å². The summed E-state index contributed by atoms with van der Waals surface area (Å²) in [6.07, 6.45) is 9.82. The zero-order valence-electron chi connectivity index (χ0n) is 32.9. The Hall–Kier alpha value is -2.35. The molecule has 0 aromatic heterocycles. The van der Waals surface area contributed by atoms with Crippen molar-refractivity contribution in [3.63, 3.8) is 0 Å². The Morgan fingerprint density at radius 3 is 2.60 bits per heavy atom. The number of rotatable bonds is 3. The van der Waals surface area contributed by atoms with E-state index in [9.17, 15) is 17.4 Å². The van der Waals surface area contributed by atoms with Crippen molar-refractivity contribution in [1.29, 1.82) is 0 Å². The Bertz CT molecular complexity index is 2000. The van der Waals surface area contributed by atoms with Crippen LogP contribution in [0.15, 0.2) is 36.4 Å². The first-order valence-electron chi connectivity index (χ1n) is 20.6. The Morgan fingerprint density at radius 1 is 1.00 bits per heavy atom. The molecule has 3 fully saturated rings. The predicted molar refractivity (Wildman–Crippen MR) is 223 cm³/mol. The smallest absolute Gasteiger partial charge is 0.262 e. The fourth-order valence-corrected chi connectivity index (χ4v) is 13.4. The van der Waals surface area contributed by atoms with Gasteiger partial charge in [-0.3, -0.25) is 14.4 Å². The molecule has 2 aromatic carbocycles. The maximum atomic E-state index is 14.1. The molecule has 302 valence electrons. The quantitative estimate of drug-likeness (QED) is 0.418. The summed E-state index contributed by atoms with van der Waals surface area (Å²) in [5.41, 5.74) is 3.81. The number of nitrogens with zero attached hydrogens (tertiary/aromatic N) is 4. The minimum atomic E-state index is -3.22. The van der Waals surface area contributed by atoms with E-state index >= 15 is 0 Å². The van der Waals surface area contributed by atoms with Crippen molar-refractivity contribution in [2.45, 2.75) is 81.9 Å². The minimum Gasteiger partial charge on any atom is -0.490 e. The normalized spacial score (nSPS) is 35.3. The molecule has 2 saturated heterocycles. The first-order chi connectivity index (χ1) is 26.2. The fourth-order valence-electron chi connectivity index (χ4n) is 10.8. The molecule has 1 unspecified atom stereocenters. The first-order valence-corrected chi connectivity index (χ1v) is 24.6. The molecule has 1 amide bonds. The summed E-state index contributed by atoms with van der Waals surface area (Å²) in [6.45, 7) is 12.2. The number of hydrogen-bond donors (Lipinski definition) is 1. The van der Waals surface area contributed by atoms with Gasteiger partial charge in [0.2, 0.25) is 10.0 Å². The summed E-state index contributed by atoms with van der Waals surface area (Å²) in [7, 11) is -6.14. The van der Waals surface area contributed by atoms with Crippen LogP contribution in [0.2, 0.25) is 5.02 Å². The van der Waals surface area contributed by atoms with E-state index in [0.717, 1.165) is 101 Å². The van der Waals surface area contributed by atoms with Gasteiger partial charge < -0.3 is 14.5 Å². The van der Waals surface area contributed by atoms with Gasteiger partial charge in [0.15, 0.2) is 0 Å². The van der Waals surface area contributed by atoms with Gasteiger partial charge in [-0.05, 0) is 123 Å². The second-order valence-corrected chi connectivity index (χ2v) is 22.7. The number of halogens is 1. The molecule has 4 heterocycles. The molecule has 0 radical (unpaired) electrons. The Kier molecular flexibility index (Phi) is 11.1. The highest BCUT2D eigenvalue weighted by molar-refractivity contribution is 7.99. The number of fused-ring (bicyclic) bond motifs is 5. The molecule has 4 aliphatic heterocycles. The largest absolute Gasteiger partial charge is 0.490 e. The summed E-state index contributed by atoms with van der Waals surface area (Å²) in [6, 6.07) is 12.3. The minimum absolute atomic E-state index is 0.129. The molecule has 2 aromatic rings. The molecule has 55 heavy (non-hydrogen) atoms. The SMILES string of the molecule is C=S1(=O)NC(=O)c2ccc3c(c2)N(C[C@@H]2CC[C@H]2[C@@H](CN2CCN4CCN(S(C)(=O)=O)C[C@H]4C2)CCC[C@H](C)[C@H]1C)C[C@@]1(CCCc2cc(Cl)ccc21)CO3. The number of anilines is 1. The van der Waals surface area contributed by atoms with Crippen LogP contribution < -0.4 is 14.4 Å². The predicted octanol–water partition coefficient (Wildman–Crippen LogP) is 5.29. The number of amides is 1. The molecule has 1 N–H and O–H groups in total. The van der Waals surface area contributed by atoms with Gasteiger partial charge in [0.25, 0.3) is 5.91 Å². The van der Waals surface area contributed by atoms with Crippen LogP contribution >= 0.6 is 11.6 Å². The molecule has 8 rings (SSSR count). The number of piperazine rings is 2. The third-order valence-corrected chi connectivity index (χ3v) is 18.1. The fraction of sp³-hybridized carbons (Fsp3) is 0.667. The summed E-state index contributed by atoms with van der Waals surface area (Å²) >= 11 is 6.52. The lowest BCUT2D eigenvalue weighted by atomic mass is 9.65. The summed E-state index contributed by atoms with van der Waals surface area (Å²) in [5.74, 6) is 6.20. The van der Waals surface area contributed by atoms with Crippen molar-refractivity contribution in [3.8, 4) is 5.75 Å². The number of carbonyl (C=O) groups excluding carboxylic acids is 1. The Labute approximate surface area is 334 Å². The van der Waals surface area contributed by atoms with Crippen molar-refractivity contribution >= 4 is 48.8 Å². The number of aryl methyl sites for hydroxylation is 1. The highest BCUT2D eigenvalue weighted by atomic mass is 35.5. The summed E-state index contributed by atoms with van der Waals surface area (Å²) in [5, 5.41) is 0.484. The number of benzene rings is 2. The maximum Gasteiger partial charge on any atom is 0.262 e. The van der Waals surface area contributed by atoms with Crippen molar-refractivity contribution in [1.82, 2.24) is 18.8 Å². The van der Waals surface area contributed by atoms with Crippen LogP contribution in [0.1, 0.15) is 80.3 Å². The standard InChI is InChI=1S/C42H60ClN5O5S2/c1-29-7-5-8-33(23-45-17-18-46-19-20-48(55(4,51)52)26-36(46)25-45)37-13-10-34(37)24-47-27-42(16-6-9-31-21-35(43)12-14-38(31)42)28-53-40-15-11-32(22-39(40)47)41(49)44-54(3,50)30(29)2/h11-12,14-15,21-22,29-30,33-34,36-37H,3,5-10,13,16-20,23-28H2,1-2,4H3,(H,44,49,50)/t29-,30+,33+,34-,36+,37-,42-,54?/m0/s1. The third kappa shape index (κ3) is 8.06. The van der Waals surface area contributed by atoms with E-state index in [-0.39, 0.29) is 28.5 Å². The van der Waals surface area contributed by atoms with E-state index in [0.29, 0.717) is 43.0 Å². The van der Waals surface area contributed by atoms with Gasteiger partial charge in [-0.1, -0.05) is 31.0 Å². The van der Waals surface area contributed by atoms with Crippen LogP contribution in [0, 0.1) is 23.7 Å². The van der Waals surface area contributed by atoms with Gasteiger partial charge in [-0.25, -0.2) is 12.6 Å². The van der Waals surface area contributed by atoms with Gasteiger partial charge in [0, 0.05) is 86.2 Å². The lowest BCUT2D eigenvalue weighted by Gasteiger charge is -2.50. The molecular weight excluding hydrogens is 754 g/mol. The lowest BCUT2D eigenvalue weighted by molar-refractivity contribution is 0.00865. The average Bonchev–Trinajstić information content (AvgIpc) is 3.28. The maximum absolute atomic E-state index is 14.1. The van der Waals surface area contributed by atoms with Crippen LogP contribution in [0.4, 0.5) is 5.69 Å². The molecule has 6 aliphatic rings. The van der Waals surface area contributed by atoms with Gasteiger partial charge in [-0.2, -0.15) is 4.31 Å². The van der Waals surface area contributed by atoms with Gasteiger partial charge in [-0.15, -0.1) is 0 Å². The molecule has 10 nitrogen and oxygen atoms in total. The monoisotopic (exact) mass is 813 g/mol. The first kappa shape index (κ1) is 39.5. The van der Waals surface area contributed by atoms with Crippen LogP contribution in [-0.2, 0) is 31.6 Å². The van der Waals surface area contributed by atoms with E-state index in [2.05, 4.69) is 44.3 Å². The molecule has 1 spiro atoms. The van der Waals surface area contributed by atoms with Crippen molar-refractivity contribution in [2.24, 2.45) is 23.7 Å². The van der Waals surface area contributed by atoms with E-state index in [1.165, 1.54) is 30.2 Å². The van der Waals surface area contributed by atoms with E-state index in [1.54, 1.807) is 10.4 Å². The molecule has 8 atom stereocenters. The Morgan fingerprint density at radius 2 is 1.82 bits per heavy atom. The zero-order valence-corrected chi connectivity index (χ0v) is 35.3. The van der Waals surface area contributed by atoms with Gasteiger partial charge >= 0.3 is 0 Å². The van der Waals surface area contributed by atoms with Crippen LogP contribution in [-0.4, -0.2) is 122 Å². The highest BCUT2D eigenvalue weighted by Gasteiger charge is 2.45. The number of hydrogen-bond acceptors (Lipinski definition) is 8. The number of sulfonamides is 1. The Balaban J connectivity index is 1.12. The van der Waals surface area contributed by atoms with E-state index in [1.807, 2.05) is 25.1 Å². The van der Waals surface area contributed by atoms with E-state index < -0.39 is 19.7 Å². The topological polar surface area (TPSA) is 103 Å². The van der Waals surface area contributed by atoms with Crippen LogP contribution in [0.5, 0.6) is 5.75 Å². The highest BCUT2D eigenvalue weighted by Crippen LogP contribution is 2.48.